The first kappa shape index (κ1) is 22.1. The van der Waals surface area contributed by atoms with Crippen LogP contribution in [0, 0.1) is 4.91 Å². The normalized spacial score (nSPS) is 12.9. The fraction of sp³-hybridized carbons (Fsp3) is 0.706. The molecule has 0 aromatic heterocycles. The number of ether oxygens (including phenoxy) is 1. The largest absolute Gasteiger partial charge is 0.459 e. The maximum absolute atomic E-state index is 11.9. The van der Waals surface area contributed by atoms with Crippen LogP contribution in [0.3, 0.4) is 0 Å². The molecular formula is C17H31N3O4. The number of aliphatic hydroxyl groups is 1. The van der Waals surface area contributed by atoms with Crippen LogP contribution in [0.15, 0.2) is 29.2 Å². The van der Waals surface area contributed by atoms with Crippen molar-refractivity contribution in [2.75, 3.05) is 33.4 Å². The molecule has 0 rings (SSSR count). The van der Waals surface area contributed by atoms with Crippen molar-refractivity contribution in [1.29, 1.82) is 0 Å². The van der Waals surface area contributed by atoms with Gasteiger partial charge in [-0.1, -0.05) is 31.9 Å². The van der Waals surface area contributed by atoms with Gasteiger partial charge in [-0.05, 0) is 31.2 Å². The van der Waals surface area contributed by atoms with Gasteiger partial charge in [0.15, 0.2) is 0 Å². The van der Waals surface area contributed by atoms with Crippen LogP contribution in [-0.4, -0.2) is 55.4 Å². The Hall–Kier alpha value is -1.89. The number of carbonyl (C=O) groups is 1. The topological polar surface area (TPSA) is 91.2 Å². The van der Waals surface area contributed by atoms with Crippen molar-refractivity contribution in [3.8, 4) is 0 Å². The predicted octanol–water partition coefficient (Wildman–Crippen LogP) is 2.18. The number of hydrogen-bond acceptors (Lipinski definition) is 7. The lowest BCUT2D eigenvalue weighted by Gasteiger charge is -2.19. The quantitative estimate of drug-likeness (QED) is 0.218. The highest BCUT2D eigenvalue weighted by molar-refractivity contribution is 5.88. The van der Waals surface area contributed by atoms with Crippen molar-refractivity contribution >= 4 is 5.97 Å². The van der Waals surface area contributed by atoms with Crippen LogP contribution in [0.1, 0.15) is 39.5 Å². The molecule has 0 fully saturated rings. The molecule has 7 nitrogen and oxygen atoms in total. The number of likely N-dealkylation sites (N-methyl/N-ethyl adjacent to an activating group) is 1. The first-order valence-electron chi connectivity index (χ1n) is 8.53. The summed E-state index contributed by atoms with van der Waals surface area (Å²) in [5.74, 6) is -0.585. The Labute approximate surface area is 144 Å². The van der Waals surface area contributed by atoms with E-state index in [1.54, 1.807) is 19.2 Å². The molecule has 0 bridgehead atoms. The SMILES string of the molecule is CCCCN(/C=C/C=C(\NC)C(=O)OCC(CO)N=O)CCCC. The number of esters is 1. The standard InChI is InChI=1S/C17H31N3O4/c1-4-6-10-20(11-7-5-2)12-8-9-16(18-3)17(22)24-14-15(13-21)19-23/h8-9,12,15,18,21H,4-7,10-11,13-14H2,1-3H3/b12-8+,16-9-. The minimum absolute atomic E-state index is 0.235. The average molecular weight is 341 g/mol. The molecule has 0 aromatic rings. The number of nitrogens with zero attached hydrogens (tertiary/aromatic N) is 2. The minimum Gasteiger partial charge on any atom is -0.459 e. The molecule has 0 aliphatic rings. The average Bonchev–Trinajstić information content (AvgIpc) is 2.60. The minimum atomic E-state index is -0.929. The molecule has 0 spiro atoms. The van der Waals surface area contributed by atoms with Gasteiger partial charge >= 0.3 is 5.97 Å². The zero-order valence-corrected chi connectivity index (χ0v) is 15.0. The molecule has 0 amide bonds. The highest BCUT2D eigenvalue weighted by Gasteiger charge is 2.13. The van der Waals surface area contributed by atoms with Crippen LogP contribution < -0.4 is 5.32 Å². The van der Waals surface area contributed by atoms with Crippen molar-refractivity contribution in [3.63, 3.8) is 0 Å². The number of rotatable bonds is 14. The molecule has 24 heavy (non-hydrogen) atoms. The number of carbonyl (C=O) groups excluding carboxylic acids is 1. The van der Waals surface area contributed by atoms with Crippen LogP contribution in [0.5, 0.6) is 0 Å². The fourth-order valence-corrected chi connectivity index (χ4v) is 1.86. The second kappa shape index (κ2) is 14.7. The van der Waals surface area contributed by atoms with Crippen molar-refractivity contribution in [2.45, 2.75) is 45.6 Å². The number of hydrogen-bond donors (Lipinski definition) is 2. The van der Waals surface area contributed by atoms with Gasteiger partial charge in [-0.2, -0.15) is 4.91 Å². The fourth-order valence-electron chi connectivity index (χ4n) is 1.86. The molecular weight excluding hydrogens is 310 g/mol. The van der Waals surface area contributed by atoms with Gasteiger partial charge in [0, 0.05) is 20.1 Å². The van der Waals surface area contributed by atoms with E-state index in [0.29, 0.717) is 0 Å². The third-order valence-corrected chi connectivity index (χ3v) is 3.41. The van der Waals surface area contributed by atoms with Crippen LogP contribution in [-0.2, 0) is 9.53 Å². The van der Waals surface area contributed by atoms with E-state index >= 15 is 0 Å². The number of unbranched alkanes of at least 4 members (excludes halogenated alkanes) is 2. The Balaban J connectivity index is 4.64. The van der Waals surface area contributed by atoms with Gasteiger partial charge in [0.05, 0.1) is 6.61 Å². The lowest BCUT2D eigenvalue weighted by Crippen LogP contribution is -2.24. The number of allylic oxidation sites excluding steroid dienone is 2. The molecule has 0 saturated carbocycles. The summed E-state index contributed by atoms with van der Waals surface area (Å²) in [4.78, 5) is 24.5. The van der Waals surface area contributed by atoms with E-state index in [4.69, 9.17) is 9.84 Å². The second-order valence-electron chi connectivity index (χ2n) is 5.46. The Bertz CT molecular complexity index is 403. The summed E-state index contributed by atoms with van der Waals surface area (Å²) in [6, 6.07) is -0.929. The van der Waals surface area contributed by atoms with E-state index < -0.39 is 18.6 Å². The number of aliphatic hydroxyl groups excluding tert-OH is 1. The van der Waals surface area contributed by atoms with Gasteiger partial charge in [-0.15, -0.1) is 0 Å². The molecule has 7 heteroatoms. The molecule has 0 aliphatic carbocycles. The molecule has 0 saturated heterocycles. The van der Waals surface area contributed by atoms with E-state index in [1.165, 1.54) is 0 Å². The summed E-state index contributed by atoms with van der Waals surface area (Å²) in [5.41, 5.74) is 0.278. The maximum Gasteiger partial charge on any atom is 0.354 e. The van der Waals surface area contributed by atoms with Crippen LogP contribution in [0.2, 0.25) is 0 Å². The van der Waals surface area contributed by atoms with Crippen molar-refractivity contribution < 1.29 is 14.6 Å². The molecule has 0 radical (unpaired) electrons. The molecule has 0 aliphatic heterocycles. The first-order chi connectivity index (χ1) is 11.6. The lowest BCUT2D eigenvalue weighted by atomic mass is 10.2. The second-order valence-corrected chi connectivity index (χ2v) is 5.46. The van der Waals surface area contributed by atoms with E-state index in [1.807, 2.05) is 6.20 Å². The van der Waals surface area contributed by atoms with E-state index in [9.17, 15) is 9.70 Å². The highest BCUT2D eigenvalue weighted by atomic mass is 16.5. The van der Waals surface area contributed by atoms with Gasteiger partial charge in [0.25, 0.3) is 0 Å². The third-order valence-electron chi connectivity index (χ3n) is 3.41. The summed E-state index contributed by atoms with van der Waals surface area (Å²) in [6.45, 7) is 5.61. The Kier molecular flexibility index (Phi) is 13.5. The summed E-state index contributed by atoms with van der Waals surface area (Å²) >= 11 is 0. The highest BCUT2D eigenvalue weighted by Crippen LogP contribution is 2.02. The summed E-state index contributed by atoms with van der Waals surface area (Å²) < 4.78 is 4.96. The summed E-state index contributed by atoms with van der Waals surface area (Å²) in [7, 11) is 1.62. The van der Waals surface area contributed by atoms with Crippen molar-refractivity contribution in [3.05, 3.63) is 29.0 Å². The number of nitroso groups, excluding NO2 is 1. The zero-order valence-electron chi connectivity index (χ0n) is 15.0. The number of nitrogens with one attached hydrogen (secondary N) is 1. The zero-order chi connectivity index (χ0) is 18.2. The molecule has 2 N–H and O–H groups in total. The van der Waals surface area contributed by atoms with Crippen LogP contribution in [0.25, 0.3) is 0 Å². The van der Waals surface area contributed by atoms with Crippen LogP contribution >= 0.6 is 0 Å². The molecule has 1 atom stereocenters. The van der Waals surface area contributed by atoms with Crippen molar-refractivity contribution in [2.24, 2.45) is 5.18 Å². The first-order valence-corrected chi connectivity index (χ1v) is 8.53. The van der Waals surface area contributed by atoms with Gasteiger partial charge in [0.1, 0.15) is 18.3 Å². The van der Waals surface area contributed by atoms with Gasteiger partial charge in [-0.25, -0.2) is 4.79 Å². The molecule has 0 aromatic carbocycles. The Morgan fingerprint density at radius 3 is 2.38 bits per heavy atom. The van der Waals surface area contributed by atoms with Crippen LogP contribution in [0.4, 0.5) is 0 Å². The lowest BCUT2D eigenvalue weighted by molar-refractivity contribution is -0.140. The summed E-state index contributed by atoms with van der Waals surface area (Å²) in [5, 5.41) is 14.3. The monoisotopic (exact) mass is 341 g/mol. The maximum atomic E-state index is 11.9. The molecule has 1 unspecified atom stereocenters. The summed E-state index contributed by atoms with van der Waals surface area (Å²) in [6.07, 6.45) is 9.93. The molecule has 138 valence electrons. The van der Waals surface area contributed by atoms with Gasteiger partial charge < -0.3 is 20.1 Å². The third kappa shape index (κ3) is 9.99. The van der Waals surface area contributed by atoms with E-state index in [0.717, 1.165) is 38.8 Å². The van der Waals surface area contributed by atoms with Gasteiger partial charge in [0.2, 0.25) is 0 Å². The van der Waals surface area contributed by atoms with Gasteiger partial charge in [-0.3, -0.25) is 0 Å². The molecule has 0 heterocycles. The predicted molar refractivity (Wildman–Crippen MR) is 95.3 cm³/mol. The smallest absolute Gasteiger partial charge is 0.354 e. The Morgan fingerprint density at radius 2 is 1.92 bits per heavy atom. The Morgan fingerprint density at radius 1 is 1.29 bits per heavy atom. The van der Waals surface area contributed by atoms with E-state index in [-0.39, 0.29) is 12.3 Å². The van der Waals surface area contributed by atoms with Crippen molar-refractivity contribution in [1.82, 2.24) is 10.2 Å². The van der Waals surface area contributed by atoms with E-state index in [2.05, 4.69) is 29.2 Å².